The van der Waals surface area contributed by atoms with Crippen molar-refractivity contribution in [3.8, 4) is 16.9 Å². The van der Waals surface area contributed by atoms with Gasteiger partial charge in [0.1, 0.15) is 12.4 Å². The lowest BCUT2D eigenvalue weighted by molar-refractivity contribution is 0.103. The number of ether oxygens (including phenoxy) is 1. The quantitative estimate of drug-likeness (QED) is 0.735. The highest BCUT2D eigenvalue weighted by Gasteiger charge is 2.29. The molecular weight excluding hydrogens is 286 g/mol. The van der Waals surface area contributed by atoms with Crippen molar-refractivity contribution < 1.29 is 9.53 Å². The maximum atomic E-state index is 12.7. The number of carbonyl (C=O) groups is 1. The van der Waals surface area contributed by atoms with E-state index >= 15 is 0 Å². The Bertz CT molecular complexity index is 732. The number of rotatable bonds is 4. The number of piperidine rings is 1. The molecule has 1 aliphatic carbocycles. The molecule has 0 saturated carbocycles. The zero-order chi connectivity index (χ0) is 15.6. The van der Waals surface area contributed by atoms with Crippen molar-refractivity contribution in [3.63, 3.8) is 0 Å². The minimum Gasteiger partial charge on any atom is -0.491 e. The van der Waals surface area contributed by atoms with Gasteiger partial charge in [-0.3, -0.25) is 9.69 Å². The van der Waals surface area contributed by atoms with Gasteiger partial charge in [-0.2, -0.15) is 0 Å². The van der Waals surface area contributed by atoms with Crippen LogP contribution in [0.3, 0.4) is 0 Å². The first-order valence-electron chi connectivity index (χ1n) is 8.47. The standard InChI is InChI=1S/C20H21NO2/c22-20-17-8-3-2-7-15(17)16-9-6-10-18(19(16)20)23-14-13-21-11-4-1-5-12-21/h2-3,6-10H,1,4-5,11-14H2. The predicted molar refractivity (Wildman–Crippen MR) is 91.1 cm³/mol. The first-order valence-corrected chi connectivity index (χ1v) is 8.47. The van der Waals surface area contributed by atoms with Crippen LogP contribution in [0.5, 0.6) is 5.75 Å². The number of nitrogens with zero attached hydrogens (tertiary/aromatic N) is 1. The number of hydrogen-bond donors (Lipinski definition) is 0. The summed E-state index contributed by atoms with van der Waals surface area (Å²) in [4.78, 5) is 15.1. The molecule has 0 radical (unpaired) electrons. The Hall–Kier alpha value is -2.13. The maximum absolute atomic E-state index is 12.7. The Morgan fingerprint density at radius 1 is 0.870 bits per heavy atom. The van der Waals surface area contributed by atoms with E-state index in [-0.39, 0.29) is 5.78 Å². The summed E-state index contributed by atoms with van der Waals surface area (Å²) in [5.74, 6) is 0.810. The Morgan fingerprint density at radius 2 is 1.61 bits per heavy atom. The van der Waals surface area contributed by atoms with E-state index in [0.717, 1.165) is 34.5 Å². The maximum Gasteiger partial charge on any atom is 0.198 e. The molecule has 1 fully saturated rings. The molecule has 2 aliphatic rings. The van der Waals surface area contributed by atoms with E-state index in [0.29, 0.717) is 6.61 Å². The molecule has 0 bridgehead atoms. The van der Waals surface area contributed by atoms with Crippen LogP contribution in [0.2, 0.25) is 0 Å². The monoisotopic (exact) mass is 307 g/mol. The van der Waals surface area contributed by atoms with E-state index in [1.807, 2.05) is 42.5 Å². The van der Waals surface area contributed by atoms with E-state index < -0.39 is 0 Å². The Balaban J connectivity index is 1.52. The Kier molecular flexibility index (Phi) is 3.88. The van der Waals surface area contributed by atoms with Crippen LogP contribution in [0.15, 0.2) is 42.5 Å². The fourth-order valence-corrected chi connectivity index (χ4v) is 3.63. The van der Waals surface area contributed by atoms with Crippen molar-refractivity contribution in [3.05, 3.63) is 53.6 Å². The molecule has 4 rings (SSSR count). The van der Waals surface area contributed by atoms with Gasteiger partial charge in [-0.25, -0.2) is 0 Å². The third-order valence-corrected chi connectivity index (χ3v) is 4.83. The van der Waals surface area contributed by atoms with Crippen molar-refractivity contribution in [1.29, 1.82) is 0 Å². The van der Waals surface area contributed by atoms with Gasteiger partial charge in [-0.1, -0.05) is 42.8 Å². The topological polar surface area (TPSA) is 29.5 Å². The third kappa shape index (κ3) is 2.66. The normalized spacial score (nSPS) is 17.0. The van der Waals surface area contributed by atoms with Crippen LogP contribution in [-0.2, 0) is 0 Å². The summed E-state index contributed by atoms with van der Waals surface area (Å²) in [6.45, 7) is 3.91. The third-order valence-electron chi connectivity index (χ3n) is 4.83. The second kappa shape index (κ2) is 6.17. The summed E-state index contributed by atoms with van der Waals surface area (Å²) < 4.78 is 5.99. The molecule has 2 aromatic carbocycles. The largest absolute Gasteiger partial charge is 0.491 e. The van der Waals surface area contributed by atoms with Crippen LogP contribution in [0.1, 0.15) is 35.2 Å². The summed E-state index contributed by atoms with van der Waals surface area (Å²) in [5.41, 5.74) is 3.54. The summed E-state index contributed by atoms with van der Waals surface area (Å²) in [7, 11) is 0. The van der Waals surface area contributed by atoms with E-state index in [2.05, 4.69) is 4.90 Å². The number of likely N-dealkylation sites (tertiary alicyclic amines) is 1. The molecule has 0 atom stereocenters. The molecule has 0 amide bonds. The van der Waals surface area contributed by atoms with Crippen LogP contribution in [0, 0.1) is 0 Å². The second-order valence-corrected chi connectivity index (χ2v) is 6.30. The molecule has 0 aromatic heterocycles. The Labute approximate surface area is 136 Å². The van der Waals surface area contributed by atoms with Crippen LogP contribution < -0.4 is 4.74 Å². The van der Waals surface area contributed by atoms with Crippen molar-refractivity contribution in [1.82, 2.24) is 4.90 Å². The molecule has 1 saturated heterocycles. The molecule has 2 aromatic rings. The van der Waals surface area contributed by atoms with E-state index in [1.165, 1.54) is 32.4 Å². The SMILES string of the molecule is O=C1c2ccccc2-c2cccc(OCCN3CCCCC3)c21. The minimum atomic E-state index is 0.0872. The fourth-order valence-electron chi connectivity index (χ4n) is 3.63. The lowest BCUT2D eigenvalue weighted by Gasteiger charge is -2.26. The van der Waals surface area contributed by atoms with Gasteiger partial charge < -0.3 is 4.74 Å². The van der Waals surface area contributed by atoms with E-state index in [4.69, 9.17) is 4.74 Å². The summed E-state index contributed by atoms with van der Waals surface area (Å²) in [5, 5.41) is 0. The predicted octanol–water partition coefficient (Wildman–Crippen LogP) is 3.76. The molecule has 118 valence electrons. The molecule has 0 N–H and O–H groups in total. The molecular formula is C20H21NO2. The van der Waals surface area contributed by atoms with Crippen LogP contribution in [-0.4, -0.2) is 36.9 Å². The summed E-state index contributed by atoms with van der Waals surface area (Å²) >= 11 is 0. The highest BCUT2D eigenvalue weighted by molar-refractivity contribution is 6.23. The van der Waals surface area contributed by atoms with Crippen LogP contribution in [0.4, 0.5) is 0 Å². The van der Waals surface area contributed by atoms with Crippen molar-refractivity contribution in [2.75, 3.05) is 26.2 Å². The van der Waals surface area contributed by atoms with Crippen molar-refractivity contribution >= 4 is 5.78 Å². The molecule has 3 heteroatoms. The summed E-state index contributed by atoms with van der Waals surface area (Å²) in [6, 6.07) is 13.7. The minimum absolute atomic E-state index is 0.0872. The molecule has 1 heterocycles. The number of hydrogen-bond acceptors (Lipinski definition) is 3. The van der Waals surface area contributed by atoms with Crippen molar-refractivity contribution in [2.24, 2.45) is 0 Å². The number of ketones is 1. The number of fused-ring (bicyclic) bond motifs is 3. The van der Waals surface area contributed by atoms with E-state index in [9.17, 15) is 4.79 Å². The van der Waals surface area contributed by atoms with Gasteiger partial charge >= 0.3 is 0 Å². The van der Waals surface area contributed by atoms with Gasteiger partial charge in [0, 0.05) is 12.1 Å². The lowest BCUT2D eigenvalue weighted by atomic mass is 10.1. The molecule has 3 nitrogen and oxygen atoms in total. The van der Waals surface area contributed by atoms with E-state index in [1.54, 1.807) is 0 Å². The fraction of sp³-hybridized carbons (Fsp3) is 0.350. The van der Waals surface area contributed by atoms with Crippen LogP contribution in [0.25, 0.3) is 11.1 Å². The van der Waals surface area contributed by atoms with Gasteiger partial charge in [-0.15, -0.1) is 0 Å². The first-order chi connectivity index (χ1) is 11.3. The average Bonchev–Trinajstić information content (AvgIpc) is 2.90. The summed E-state index contributed by atoms with van der Waals surface area (Å²) in [6.07, 6.45) is 3.92. The number of benzene rings is 2. The van der Waals surface area contributed by atoms with Gasteiger partial charge in [0.25, 0.3) is 0 Å². The molecule has 0 spiro atoms. The van der Waals surface area contributed by atoms with Gasteiger partial charge in [-0.05, 0) is 43.1 Å². The lowest BCUT2D eigenvalue weighted by Crippen LogP contribution is -2.33. The van der Waals surface area contributed by atoms with Crippen molar-refractivity contribution in [2.45, 2.75) is 19.3 Å². The molecule has 0 unspecified atom stereocenters. The molecule has 23 heavy (non-hydrogen) atoms. The number of carbonyl (C=O) groups excluding carboxylic acids is 1. The smallest absolute Gasteiger partial charge is 0.198 e. The second-order valence-electron chi connectivity index (χ2n) is 6.30. The van der Waals surface area contributed by atoms with Gasteiger partial charge in [0.2, 0.25) is 0 Å². The van der Waals surface area contributed by atoms with Gasteiger partial charge in [0.15, 0.2) is 5.78 Å². The zero-order valence-corrected chi connectivity index (χ0v) is 13.3. The Morgan fingerprint density at radius 3 is 2.43 bits per heavy atom. The highest BCUT2D eigenvalue weighted by atomic mass is 16.5. The average molecular weight is 307 g/mol. The van der Waals surface area contributed by atoms with Gasteiger partial charge in [0.05, 0.1) is 5.56 Å². The molecule has 1 aliphatic heterocycles. The highest BCUT2D eigenvalue weighted by Crippen LogP contribution is 2.40. The zero-order valence-electron chi connectivity index (χ0n) is 13.3. The first kappa shape index (κ1) is 14.5. The van der Waals surface area contributed by atoms with Crippen LogP contribution >= 0.6 is 0 Å².